The molecular formula is C16H24N2O. The molecule has 0 bridgehead atoms. The van der Waals surface area contributed by atoms with Crippen LogP contribution in [0.5, 0.6) is 0 Å². The maximum Gasteiger partial charge on any atom is 0.237 e. The quantitative estimate of drug-likeness (QED) is 0.870. The number of benzene rings is 1. The summed E-state index contributed by atoms with van der Waals surface area (Å²) in [5, 5.41) is 6.38. The monoisotopic (exact) mass is 260 g/mol. The van der Waals surface area contributed by atoms with Crippen LogP contribution in [0.2, 0.25) is 0 Å². The standard InChI is InChI=1S/C16H24N2O/c1-11(2)12(3)9-18-16(19)15-8-13-6-4-5-7-14(13)10-17-15/h4-7,11-12,15,17H,8-10H2,1-3H3,(H,18,19)/t12?,15-/m1/s1. The molecule has 1 aliphatic rings. The van der Waals surface area contributed by atoms with Crippen molar-refractivity contribution in [1.29, 1.82) is 0 Å². The van der Waals surface area contributed by atoms with Gasteiger partial charge in [0.1, 0.15) is 0 Å². The average Bonchev–Trinajstić information content (AvgIpc) is 2.43. The van der Waals surface area contributed by atoms with E-state index in [1.807, 2.05) is 12.1 Å². The summed E-state index contributed by atoms with van der Waals surface area (Å²) in [6.45, 7) is 8.09. The van der Waals surface area contributed by atoms with Crippen LogP contribution in [0, 0.1) is 11.8 Å². The lowest BCUT2D eigenvalue weighted by Crippen LogP contribution is -2.48. The van der Waals surface area contributed by atoms with Crippen LogP contribution in [0.4, 0.5) is 0 Å². The van der Waals surface area contributed by atoms with Crippen LogP contribution in [-0.4, -0.2) is 18.5 Å². The first-order valence-electron chi connectivity index (χ1n) is 7.15. The molecule has 0 saturated carbocycles. The smallest absolute Gasteiger partial charge is 0.237 e. The first kappa shape index (κ1) is 14.1. The van der Waals surface area contributed by atoms with Gasteiger partial charge in [-0.25, -0.2) is 0 Å². The number of rotatable bonds is 4. The third-order valence-electron chi connectivity index (χ3n) is 4.13. The van der Waals surface area contributed by atoms with E-state index in [4.69, 9.17) is 0 Å². The molecule has 0 aliphatic carbocycles. The van der Waals surface area contributed by atoms with E-state index in [0.717, 1.165) is 19.5 Å². The molecule has 0 radical (unpaired) electrons. The first-order valence-corrected chi connectivity index (χ1v) is 7.15. The molecule has 0 saturated heterocycles. The van der Waals surface area contributed by atoms with Gasteiger partial charge in [-0.3, -0.25) is 4.79 Å². The Labute approximate surface area is 115 Å². The number of hydrogen-bond acceptors (Lipinski definition) is 2. The molecule has 1 aromatic carbocycles. The van der Waals surface area contributed by atoms with Crippen LogP contribution in [-0.2, 0) is 17.8 Å². The van der Waals surface area contributed by atoms with Crippen molar-refractivity contribution in [2.45, 2.75) is 39.8 Å². The first-order chi connectivity index (χ1) is 9.08. The minimum absolute atomic E-state index is 0.0886. The number of fused-ring (bicyclic) bond motifs is 1. The van der Waals surface area contributed by atoms with Crippen molar-refractivity contribution in [2.75, 3.05) is 6.54 Å². The summed E-state index contributed by atoms with van der Waals surface area (Å²) < 4.78 is 0. The molecule has 2 atom stereocenters. The molecule has 2 rings (SSSR count). The van der Waals surface area contributed by atoms with Gasteiger partial charge in [0.05, 0.1) is 6.04 Å². The summed E-state index contributed by atoms with van der Waals surface area (Å²) in [6.07, 6.45) is 0.790. The Morgan fingerprint density at radius 3 is 2.68 bits per heavy atom. The Balaban J connectivity index is 1.89. The number of carbonyl (C=O) groups is 1. The predicted molar refractivity (Wildman–Crippen MR) is 77.8 cm³/mol. The molecule has 1 unspecified atom stereocenters. The highest BCUT2D eigenvalue weighted by Gasteiger charge is 2.23. The summed E-state index contributed by atoms with van der Waals surface area (Å²) in [6, 6.07) is 8.24. The summed E-state index contributed by atoms with van der Waals surface area (Å²) in [7, 11) is 0. The van der Waals surface area contributed by atoms with E-state index in [1.165, 1.54) is 11.1 Å². The van der Waals surface area contributed by atoms with Crippen molar-refractivity contribution in [2.24, 2.45) is 11.8 Å². The molecule has 1 heterocycles. The van der Waals surface area contributed by atoms with E-state index in [1.54, 1.807) is 0 Å². The number of hydrogen-bond donors (Lipinski definition) is 2. The zero-order chi connectivity index (χ0) is 13.8. The van der Waals surface area contributed by atoms with Gasteiger partial charge in [-0.05, 0) is 29.4 Å². The Morgan fingerprint density at radius 1 is 1.32 bits per heavy atom. The molecule has 19 heavy (non-hydrogen) atoms. The largest absolute Gasteiger partial charge is 0.354 e. The second kappa shape index (κ2) is 6.20. The maximum absolute atomic E-state index is 12.2. The molecule has 2 N–H and O–H groups in total. The van der Waals surface area contributed by atoms with Crippen LogP contribution < -0.4 is 10.6 Å². The Bertz CT molecular complexity index is 442. The van der Waals surface area contributed by atoms with Crippen molar-refractivity contribution in [3.05, 3.63) is 35.4 Å². The van der Waals surface area contributed by atoms with Crippen LogP contribution in [0.25, 0.3) is 0 Å². The van der Waals surface area contributed by atoms with Gasteiger partial charge in [0.25, 0.3) is 0 Å². The van der Waals surface area contributed by atoms with Crippen molar-refractivity contribution in [1.82, 2.24) is 10.6 Å². The molecule has 0 fully saturated rings. The SMILES string of the molecule is CC(C)C(C)CNC(=O)[C@H]1Cc2ccccc2CN1. The highest BCUT2D eigenvalue weighted by molar-refractivity contribution is 5.82. The van der Waals surface area contributed by atoms with Crippen LogP contribution >= 0.6 is 0 Å². The minimum atomic E-state index is -0.0886. The highest BCUT2D eigenvalue weighted by Crippen LogP contribution is 2.16. The van der Waals surface area contributed by atoms with Gasteiger partial charge in [-0.2, -0.15) is 0 Å². The van der Waals surface area contributed by atoms with Crippen LogP contribution in [0.3, 0.4) is 0 Å². The average molecular weight is 260 g/mol. The van der Waals surface area contributed by atoms with Crippen molar-refractivity contribution in [3.63, 3.8) is 0 Å². The van der Waals surface area contributed by atoms with Crippen molar-refractivity contribution < 1.29 is 4.79 Å². The number of nitrogens with one attached hydrogen (secondary N) is 2. The van der Waals surface area contributed by atoms with E-state index in [-0.39, 0.29) is 11.9 Å². The molecule has 1 amide bonds. The lowest BCUT2D eigenvalue weighted by molar-refractivity contribution is -0.123. The van der Waals surface area contributed by atoms with Gasteiger partial charge < -0.3 is 10.6 Å². The van der Waals surface area contributed by atoms with Gasteiger partial charge in [0.15, 0.2) is 0 Å². The summed E-state index contributed by atoms with van der Waals surface area (Å²) in [5.41, 5.74) is 2.60. The predicted octanol–water partition coefficient (Wildman–Crippen LogP) is 2.11. The van der Waals surface area contributed by atoms with Crippen LogP contribution in [0.15, 0.2) is 24.3 Å². The molecule has 0 spiro atoms. The van der Waals surface area contributed by atoms with Crippen LogP contribution in [0.1, 0.15) is 31.9 Å². The van der Waals surface area contributed by atoms with Gasteiger partial charge >= 0.3 is 0 Å². The fraction of sp³-hybridized carbons (Fsp3) is 0.562. The Morgan fingerprint density at radius 2 is 2.00 bits per heavy atom. The fourth-order valence-corrected chi connectivity index (χ4v) is 2.26. The number of carbonyl (C=O) groups excluding carboxylic acids is 1. The van der Waals surface area contributed by atoms with E-state index in [9.17, 15) is 4.79 Å². The molecule has 104 valence electrons. The van der Waals surface area contributed by atoms with Gasteiger partial charge in [-0.1, -0.05) is 45.0 Å². The molecule has 3 heteroatoms. The topological polar surface area (TPSA) is 41.1 Å². The fourth-order valence-electron chi connectivity index (χ4n) is 2.26. The van der Waals surface area contributed by atoms with E-state index >= 15 is 0 Å². The van der Waals surface area contributed by atoms with Gasteiger partial charge in [0, 0.05) is 13.1 Å². The molecule has 0 aromatic heterocycles. The third kappa shape index (κ3) is 3.57. The number of amides is 1. The van der Waals surface area contributed by atoms with Gasteiger partial charge in [-0.15, -0.1) is 0 Å². The molecule has 3 nitrogen and oxygen atoms in total. The zero-order valence-corrected chi connectivity index (χ0v) is 12.1. The molecule has 1 aromatic rings. The Kier molecular flexibility index (Phi) is 4.59. The normalized spacial score (nSPS) is 19.9. The summed E-state index contributed by atoms with van der Waals surface area (Å²) in [4.78, 5) is 12.2. The van der Waals surface area contributed by atoms with Crippen molar-refractivity contribution in [3.8, 4) is 0 Å². The maximum atomic E-state index is 12.2. The lowest BCUT2D eigenvalue weighted by Gasteiger charge is -2.26. The molecular weight excluding hydrogens is 236 g/mol. The molecule has 1 aliphatic heterocycles. The van der Waals surface area contributed by atoms with Crippen molar-refractivity contribution >= 4 is 5.91 Å². The minimum Gasteiger partial charge on any atom is -0.354 e. The Hall–Kier alpha value is -1.35. The second-order valence-electron chi connectivity index (χ2n) is 5.87. The zero-order valence-electron chi connectivity index (χ0n) is 12.1. The third-order valence-corrected chi connectivity index (χ3v) is 4.13. The van der Waals surface area contributed by atoms with E-state index in [0.29, 0.717) is 11.8 Å². The lowest BCUT2D eigenvalue weighted by atomic mass is 9.95. The summed E-state index contributed by atoms with van der Waals surface area (Å²) >= 11 is 0. The summed E-state index contributed by atoms with van der Waals surface area (Å²) in [5.74, 6) is 1.24. The van der Waals surface area contributed by atoms with Gasteiger partial charge in [0.2, 0.25) is 5.91 Å². The van der Waals surface area contributed by atoms with E-state index < -0.39 is 0 Å². The second-order valence-corrected chi connectivity index (χ2v) is 5.87. The highest BCUT2D eigenvalue weighted by atomic mass is 16.2. The van der Waals surface area contributed by atoms with E-state index in [2.05, 4.69) is 43.5 Å².